The van der Waals surface area contributed by atoms with E-state index in [1.54, 1.807) is 29.2 Å². The number of anilines is 1. The smallest absolute Gasteiger partial charge is 0.350 e. The number of benzene rings is 2. The SMILES string of the molecule is C=CC(=O)N1CCN(c2nc(=O)n3c4c(c(-c5c(F)ccc6cc[nH]c(=O)c56)ccc24)OCC3)C(C)C1. The van der Waals surface area contributed by atoms with Gasteiger partial charge in [-0.05, 0) is 42.7 Å². The van der Waals surface area contributed by atoms with Crippen LogP contribution in [0, 0.1) is 5.82 Å². The van der Waals surface area contributed by atoms with Crippen molar-refractivity contribution in [2.75, 3.05) is 31.1 Å². The molecule has 2 aromatic heterocycles. The first-order valence-corrected chi connectivity index (χ1v) is 12.1. The largest absolute Gasteiger partial charge is 0.489 e. The number of carbonyl (C=O) groups excluding carboxylic acids is 1. The maximum absolute atomic E-state index is 15.3. The van der Waals surface area contributed by atoms with E-state index in [2.05, 4.69) is 16.5 Å². The van der Waals surface area contributed by atoms with E-state index < -0.39 is 17.1 Å². The highest BCUT2D eigenvalue weighted by molar-refractivity contribution is 6.04. The Balaban J connectivity index is 1.58. The molecular formula is C27H24FN5O4. The molecule has 1 unspecified atom stereocenters. The molecule has 6 rings (SSSR count). The molecule has 4 aromatic rings. The number of aromatic nitrogens is 3. The molecule has 1 atom stereocenters. The summed E-state index contributed by atoms with van der Waals surface area (Å²) in [6.07, 6.45) is 2.82. The van der Waals surface area contributed by atoms with Gasteiger partial charge in [0.25, 0.3) is 5.56 Å². The average Bonchev–Trinajstić information content (AvgIpc) is 2.91. The van der Waals surface area contributed by atoms with Crippen molar-refractivity contribution >= 4 is 33.4 Å². The highest BCUT2D eigenvalue weighted by Crippen LogP contribution is 2.43. The lowest BCUT2D eigenvalue weighted by Crippen LogP contribution is -2.54. The number of H-pyrrole nitrogens is 1. The highest BCUT2D eigenvalue weighted by Gasteiger charge is 2.31. The average molecular weight is 502 g/mol. The van der Waals surface area contributed by atoms with E-state index in [0.29, 0.717) is 59.6 Å². The van der Waals surface area contributed by atoms with Crippen molar-refractivity contribution in [3.63, 3.8) is 0 Å². The Labute approximate surface area is 210 Å². The molecule has 1 saturated heterocycles. The molecule has 37 heavy (non-hydrogen) atoms. The van der Waals surface area contributed by atoms with E-state index in [1.165, 1.54) is 22.9 Å². The predicted molar refractivity (Wildman–Crippen MR) is 139 cm³/mol. The van der Waals surface area contributed by atoms with Crippen LogP contribution < -0.4 is 20.9 Å². The fourth-order valence-corrected chi connectivity index (χ4v) is 5.46. The van der Waals surface area contributed by atoms with Crippen LogP contribution in [0.1, 0.15) is 6.92 Å². The van der Waals surface area contributed by atoms with Crippen molar-refractivity contribution in [2.45, 2.75) is 19.5 Å². The molecule has 9 nitrogen and oxygen atoms in total. The summed E-state index contributed by atoms with van der Waals surface area (Å²) in [5, 5.41) is 1.49. The van der Waals surface area contributed by atoms with Gasteiger partial charge < -0.3 is 19.5 Å². The molecule has 1 N–H and O–H groups in total. The first-order chi connectivity index (χ1) is 17.9. The van der Waals surface area contributed by atoms with E-state index in [9.17, 15) is 14.4 Å². The van der Waals surface area contributed by atoms with Gasteiger partial charge in [-0.1, -0.05) is 12.6 Å². The van der Waals surface area contributed by atoms with E-state index in [-0.39, 0.29) is 29.5 Å². The molecule has 0 aliphatic carbocycles. The lowest BCUT2D eigenvalue weighted by atomic mass is 9.96. The molecule has 2 aromatic carbocycles. The summed E-state index contributed by atoms with van der Waals surface area (Å²) < 4.78 is 22.9. The number of hydrogen-bond acceptors (Lipinski definition) is 6. The first kappa shape index (κ1) is 23.0. The van der Waals surface area contributed by atoms with Crippen LogP contribution in [0.15, 0.2) is 58.8 Å². The van der Waals surface area contributed by atoms with Crippen molar-refractivity contribution in [1.82, 2.24) is 19.4 Å². The second-order valence-corrected chi connectivity index (χ2v) is 9.28. The van der Waals surface area contributed by atoms with Gasteiger partial charge in [0, 0.05) is 48.4 Å². The third kappa shape index (κ3) is 3.51. The molecular weight excluding hydrogens is 477 g/mol. The van der Waals surface area contributed by atoms with Crippen molar-refractivity contribution in [3.05, 3.63) is 75.8 Å². The number of fused-ring (bicyclic) bond motifs is 1. The number of aromatic amines is 1. The van der Waals surface area contributed by atoms with Crippen LogP contribution in [-0.4, -0.2) is 57.6 Å². The van der Waals surface area contributed by atoms with Crippen LogP contribution in [0.4, 0.5) is 10.2 Å². The zero-order chi connectivity index (χ0) is 25.8. The topological polar surface area (TPSA) is 101 Å². The fourth-order valence-electron chi connectivity index (χ4n) is 5.46. The van der Waals surface area contributed by atoms with Crippen LogP contribution in [-0.2, 0) is 11.3 Å². The number of amides is 1. The molecule has 188 valence electrons. The third-order valence-electron chi connectivity index (χ3n) is 7.18. The number of pyridine rings is 1. The minimum absolute atomic E-state index is 0.107. The van der Waals surface area contributed by atoms with E-state index in [1.807, 2.05) is 11.8 Å². The Bertz CT molecular complexity index is 1730. The van der Waals surface area contributed by atoms with Crippen molar-refractivity contribution in [2.24, 2.45) is 0 Å². The molecule has 0 radical (unpaired) electrons. The number of ether oxygens (including phenoxy) is 1. The zero-order valence-electron chi connectivity index (χ0n) is 20.2. The summed E-state index contributed by atoms with van der Waals surface area (Å²) in [6, 6.07) is 8.01. The fraction of sp³-hybridized carbons (Fsp3) is 0.259. The van der Waals surface area contributed by atoms with E-state index in [0.717, 1.165) is 0 Å². The molecule has 4 heterocycles. The molecule has 10 heteroatoms. The first-order valence-electron chi connectivity index (χ1n) is 12.1. The monoisotopic (exact) mass is 501 g/mol. The number of piperazine rings is 1. The Morgan fingerprint density at radius 1 is 1.19 bits per heavy atom. The zero-order valence-corrected chi connectivity index (χ0v) is 20.2. The second kappa shape index (κ2) is 8.58. The summed E-state index contributed by atoms with van der Waals surface area (Å²) in [5.74, 6) is 0.131. The Kier molecular flexibility index (Phi) is 5.32. The molecule has 1 amide bonds. The highest BCUT2D eigenvalue weighted by atomic mass is 19.1. The quantitative estimate of drug-likeness (QED) is 0.434. The van der Waals surface area contributed by atoms with Gasteiger partial charge >= 0.3 is 5.69 Å². The molecule has 2 aliphatic rings. The van der Waals surface area contributed by atoms with Gasteiger partial charge in [0.05, 0.1) is 17.4 Å². The Morgan fingerprint density at radius 2 is 2.03 bits per heavy atom. The van der Waals surface area contributed by atoms with E-state index in [4.69, 9.17) is 4.74 Å². The number of halogens is 1. The second-order valence-electron chi connectivity index (χ2n) is 9.28. The molecule has 2 aliphatic heterocycles. The number of hydrogen-bond donors (Lipinski definition) is 1. The van der Waals surface area contributed by atoms with Gasteiger partial charge in [0.15, 0.2) is 5.75 Å². The van der Waals surface area contributed by atoms with Gasteiger partial charge in [0.2, 0.25) is 5.91 Å². The molecule has 1 fully saturated rings. The summed E-state index contributed by atoms with van der Waals surface area (Å²) in [4.78, 5) is 48.8. The van der Waals surface area contributed by atoms with Crippen LogP contribution in [0.5, 0.6) is 5.75 Å². The minimum atomic E-state index is -0.561. The molecule has 0 saturated carbocycles. The van der Waals surface area contributed by atoms with Crippen LogP contribution >= 0.6 is 0 Å². The minimum Gasteiger partial charge on any atom is -0.489 e. The van der Waals surface area contributed by atoms with Gasteiger partial charge in [-0.3, -0.25) is 14.2 Å². The van der Waals surface area contributed by atoms with Crippen molar-refractivity contribution in [3.8, 4) is 16.9 Å². The summed E-state index contributed by atoms with van der Waals surface area (Å²) in [7, 11) is 0. The van der Waals surface area contributed by atoms with Gasteiger partial charge in [-0.25, -0.2) is 9.18 Å². The van der Waals surface area contributed by atoms with Gasteiger partial charge in [-0.15, -0.1) is 0 Å². The lowest BCUT2D eigenvalue weighted by molar-refractivity contribution is -0.126. The Morgan fingerprint density at radius 3 is 2.81 bits per heavy atom. The van der Waals surface area contributed by atoms with E-state index >= 15 is 4.39 Å². The maximum Gasteiger partial charge on any atom is 0.350 e. The summed E-state index contributed by atoms with van der Waals surface area (Å²) >= 11 is 0. The van der Waals surface area contributed by atoms with Crippen LogP contribution in [0.3, 0.4) is 0 Å². The predicted octanol–water partition coefficient (Wildman–Crippen LogP) is 2.66. The van der Waals surface area contributed by atoms with Gasteiger partial charge in [0.1, 0.15) is 18.2 Å². The molecule has 0 bridgehead atoms. The maximum atomic E-state index is 15.3. The summed E-state index contributed by atoms with van der Waals surface area (Å²) in [5.41, 5.74) is 0.187. The van der Waals surface area contributed by atoms with Crippen LogP contribution in [0.25, 0.3) is 32.8 Å². The van der Waals surface area contributed by atoms with Crippen LogP contribution in [0.2, 0.25) is 0 Å². The number of nitrogens with zero attached hydrogens (tertiary/aromatic N) is 4. The lowest BCUT2D eigenvalue weighted by Gasteiger charge is -2.40. The van der Waals surface area contributed by atoms with Crippen molar-refractivity contribution < 1.29 is 13.9 Å². The number of carbonyl (C=O) groups is 1. The van der Waals surface area contributed by atoms with Crippen molar-refractivity contribution in [1.29, 1.82) is 0 Å². The Hall–Kier alpha value is -4.47. The number of nitrogens with one attached hydrogen (secondary N) is 1. The normalized spacial score (nSPS) is 17.2. The molecule has 0 spiro atoms. The standard InChI is InChI=1S/C27H24FN5O4/c1-3-20(34)31-10-11-32(15(2)14-31)25-18-6-5-17(24-23(18)33(12-13-37-24)27(36)30-25)22-19(28)7-4-16-8-9-29-26(35)21(16)22/h3-9,15H,1,10-14H2,2H3,(H,29,35). The number of rotatable bonds is 3. The summed E-state index contributed by atoms with van der Waals surface area (Å²) in [6.45, 7) is 7.46. The third-order valence-corrected chi connectivity index (χ3v) is 7.18. The van der Waals surface area contributed by atoms with Gasteiger partial charge in [-0.2, -0.15) is 4.98 Å².